The van der Waals surface area contributed by atoms with Gasteiger partial charge in [0.15, 0.2) is 0 Å². The maximum absolute atomic E-state index is 11.3. The van der Waals surface area contributed by atoms with E-state index in [0.717, 1.165) is 34.3 Å². The number of halogens is 1. The zero-order chi connectivity index (χ0) is 10.2. The Morgan fingerprint density at radius 2 is 2.07 bits per heavy atom. The third kappa shape index (κ3) is 1.50. The first kappa shape index (κ1) is 10.2. The first-order chi connectivity index (χ1) is 6.65. The molecule has 2 rings (SSSR count). The van der Waals surface area contributed by atoms with E-state index in [1.165, 1.54) is 0 Å². The molecular formula is C10H11BrO2S. The number of carboxylic acids is 1. The zero-order valence-corrected chi connectivity index (χ0v) is 10.0. The zero-order valence-electron chi connectivity index (χ0n) is 7.62. The molecule has 1 fully saturated rings. The first-order valence-corrected chi connectivity index (χ1v) is 6.25. The standard InChI is InChI=1S/C10H11BrO2S/c11-8-4-3-7(14-8)10(9(12)13)5-1-2-6-10/h3-4H,1-2,5-6H2,(H,12,13). The van der Waals surface area contributed by atoms with Crippen molar-refractivity contribution < 1.29 is 9.90 Å². The van der Waals surface area contributed by atoms with Gasteiger partial charge in [-0.1, -0.05) is 12.8 Å². The van der Waals surface area contributed by atoms with Crippen LogP contribution in [0.25, 0.3) is 0 Å². The summed E-state index contributed by atoms with van der Waals surface area (Å²) in [5.41, 5.74) is -0.587. The summed E-state index contributed by atoms with van der Waals surface area (Å²) in [7, 11) is 0. The Bertz CT molecular complexity index is 353. The highest BCUT2D eigenvalue weighted by Crippen LogP contribution is 2.44. The van der Waals surface area contributed by atoms with E-state index >= 15 is 0 Å². The molecule has 0 saturated heterocycles. The van der Waals surface area contributed by atoms with Gasteiger partial charge in [-0.2, -0.15) is 0 Å². The van der Waals surface area contributed by atoms with Crippen LogP contribution >= 0.6 is 27.3 Å². The quantitative estimate of drug-likeness (QED) is 0.898. The summed E-state index contributed by atoms with van der Waals surface area (Å²) in [4.78, 5) is 12.3. The Labute approximate surface area is 95.1 Å². The second kappa shape index (κ2) is 3.66. The van der Waals surface area contributed by atoms with Crippen LogP contribution in [0, 0.1) is 0 Å². The molecule has 1 aliphatic rings. The highest BCUT2D eigenvalue weighted by Gasteiger charge is 2.43. The molecule has 4 heteroatoms. The molecule has 0 aliphatic heterocycles. The van der Waals surface area contributed by atoms with Gasteiger partial charge in [0.1, 0.15) is 5.41 Å². The maximum Gasteiger partial charge on any atom is 0.314 e. The van der Waals surface area contributed by atoms with Crippen molar-refractivity contribution in [2.24, 2.45) is 0 Å². The van der Waals surface area contributed by atoms with Crippen LogP contribution in [0.15, 0.2) is 15.9 Å². The molecular weight excluding hydrogens is 264 g/mol. The van der Waals surface area contributed by atoms with Crippen LogP contribution < -0.4 is 0 Å². The van der Waals surface area contributed by atoms with Crippen LogP contribution in [0.1, 0.15) is 30.6 Å². The third-order valence-corrected chi connectivity index (χ3v) is 4.74. The topological polar surface area (TPSA) is 37.3 Å². The normalized spacial score (nSPS) is 19.8. The van der Waals surface area contributed by atoms with E-state index in [1.54, 1.807) is 11.3 Å². The van der Waals surface area contributed by atoms with Gasteiger partial charge >= 0.3 is 5.97 Å². The summed E-state index contributed by atoms with van der Waals surface area (Å²) in [5.74, 6) is -0.663. The van der Waals surface area contributed by atoms with Crippen molar-refractivity contribution in [3.63, 3.8) is 0 Å². The van der Waals surface area contributed by atoms with Crippen LogP contribution in [0.4, 0.5) is 0 Å². The van der Waals surface area contributed by atoms with Gasteiger partial charge in [-0.3, -0.25) is 4.79 Å². The summed E-state index contributed by atoms with van der Waals surface area (Å²) in [6, 6.07) is 3.87. The molecule has 1 N–H and O–H groups in total. The molecule has 76 valence electrons. The fraction of sp³-hybridized carbons (Fsp3) is 0.500. The van der Waals surface area contributed by atoms with E-state index in [9.17, 15) is 9.90 Å². The van der Waals surface area contributed by atoms with Crippen LogP contribution in [0.3, 0.4) is 0 Å². The fourth-order valence-corrected chi connectivity index (χ4v) is 3.74. The minimum absolute atomic E-state index is 0.587. The Balaban J connectivity index is 2.41. The molecule has 0 radical (unpaired) electrons. The Hall–Kier alpha value is -0.350. The van der Waals surface area contributed by atoms with E-state index in [4.69, 9.17) is 0 Å². The molecule has 1 aromatic heterocycles. The smallest absolute Gasteiger partial charge is 0.314 e. The van der Waals surface area contributed by atoms with E-state index in [0.29, 0.717) is 0 Å². The van der Waals surface area contributed by atoms with Crippen molar-refractivity contribution in [2.75, 3.05) is 0 Å². The van der Waals surface area contributed by atoms with Gasteiger partial charge in [0.25, 0.3) is 0 Å². The molecule has 2 nitrogen and oxygen atoms in total. The summed E-state index contributed by atoms with van der Waals surface area (Å²) in [6.07, 6.45) is 3.63. The molecule has 0 amide bonds. The minimum atomic E-state index is -0.663. The molecule has 0 aromatic carbocycles. The summed E-state index contributed by atoms with van der Waals surface area (Å²) in [5, 5.41) is 9.32. The Morgan fingerprint density at radius 1 is 1.43 bits per heavy atom. The molecule has 0 bridgehead atoms. The van der Waals surface area contributed by atoms with Crippen LogP contribution in [0.2, 0.25) is 0 Å². The van der Waals surface area contributed by atoms with Crippen LogP contribution in [0.5, 0.6) is 0 Å². The number of hydrogen-bond donors (Lipinski definition) is 1. The molecule has 0 spiro atoms. The Morgan fingerprint density at radius 3 is 2.50 bits per heavy atom. The lowest BCUT2D eigenvalue weighted by Gasteiger charge is -2.21. The van der Waals surface area contributed by atoms with Gasteiger partial charge in [-0.05, 0) is 40.9 Å². The molecule has 1 saturated carbocycles. The Kier molecular flexibility index (Phi) is 2.66. The number of carboxylic acid groups (broad SMARTS) is 1. The van der Waals surface area contributed by atoms with E-state index in [1.807, 2.05) is 12.1 Å². The molecule has 1 aromatic rings. The number of aliphatic carboxylic acids is 1. The molecule has 0 atom stereocenters. The monoisotopic (exact) mass is 274 g/mol. The molecule has 1 aliphatic carbocycles. The predicted octanol–water partition coefficient (Wildman–Crippen LogP) is 3.41. The third-order valence-electron chi connectivity index (χ3n) is 2.91. The molecule has 14 heavy (non-hydrogen) atoms. The van der Waals surface area contributed by atoms with Gasteiger partial charge in [0.05, 0.1) is 3.79 Å². The van der Waals surface area contributed by atoms with E-state index < -0.39 is 11.4 Å². The lowest BCUT2D eigenvalue weighted by molar-refractivity contribution is -0.143. The minimum Gasteiger partial charge on any atom is -0.481 e. The SMILES string of the molecule is O=C(O)C1(c2ccc(Br)s2)CCCC1. The number of carbonyl (C=O) groups is 1. The van der Waals surface area contributed by atoms with Crippen molar-refractivity contribution >= 4 is 33.2 Å². The maximum atomic E-state index is 11.3. The predicted molar refractivity (Wildman–Crippen MR) is 59.8 cm³/mol. The van der Waals surface area contributed by atoms with E-state index in [-0.39, 0.29) is 0 Å². The first-order valence-electron chi connectivity index (χ1n) is 4.64. The van der Waals surface area contributed by atoms with Gasteiger partial charge in [0.2, 0.25) is 0 Å². The van der Waals surface area contributed by atoms with Gasteiger partial charge in [0, 0.05) is 4.88 Å². The van der Waals surface area contributed by atoms with Gasteiger partial charge < -0.3 is 5.11 Å². The second-order valence-electron chi connectivity index (χ2n) is 3.70. The number of rotatable bonds is 2. The second-order valence-corrected chi connectivity index (χ2v) is 6.16. The largest absolute Gasteiger partial charge is 0.481 e. The summed E-state index contributed by atoms with van der Waals surface area (Å²) in [6.45, 7) is 0. The van der Waals surface area contributed by atoms with Crippen molar-refractivity contribution in [3.8, 4) is 0 Å². The van der Waals surface area contributed by atoms with Crippen molar-refractivity contribution in [1.82, 2.24) is 0 Å². The lowest BCUT2D eigenvalue weighted by atomic mass is 9.85. The van der Waals surface area contributed by atoms with Crippen molar-refractivity contribution in [2.45, 2.75) is 31.1 Å². The van der Waals surface area contributed by atoms with Crippen LogP contribution in [-0.4, -0.2) is 11.1 Å². The lowest BCUT2D eigenvalue weighted by Crippen LogP contribution is -2.31. The molecule has 0 unspecified atom stereocenters. The van der Waals surface area contributed by atoms with Crippen LogP contribution in [-0.2, 0) is 10.2 Å². The highest BCUT2D eigenvalue weighted by molar-refractivity contribution is 9.11. The molecule has 1 heterocycles. The number of thiophene rings is 1. The highest BCUT2D eigenvalue weighted by atomic mass is 79.9. The fourth-order valence-electron chi connectivity index (χ4n) is 2.12. The van der Waals surface area contributed by atoms with Gasteiger partial charge in [-0.15, -0.1) is 11.3 Å². The van der Waals surface area contributed by atoms with E-state index in [2.05, 4.69) is 15.9 Å². The average molecular weight is 275 g/mol. The van der Waals surface area contributed by atoms with Gasteiger partial charge in [-0.25, -0.2) is 0 Å². The summed E-state index contributed by atoms with van der Waals surface area (Å²) < 4.78 is 1.01. The van der Waals surface area contributed by atoms with Crippen molar-refractivity contribution in [3.05, 3.63) is 20.8 Å². The summed E-state index contributed by atoms with van der Waals surface area (Å²) >= 11 is 4.93. The van der Waals surface area contributed by atoms with Crippen molar-refractivity contribution in [1.29, 1.82) is 0 Å². The number of hydrogen-bond acceptors (Lipinski definition) is 2. The average Bonchev–Trinajstić information content (AvgIpc) is 2.71.